The van der Waals surface area contributed by atoms with Crippen molar-refractivity contribution in [2.24, 2.45) is 0 Å². The number of aromatic hydroxyl groups is 2. The predicted octanol–water partition coefficient (Wildman–Crippen LogP) is 1.51. The molecule has 0 fully saturated rings. The summed E-state index contributed by atoms with van der Waals surface area (Å²) in [7, 11) is 5.23. The molecule has 0 spiro atoms. The Morgan fingerprint density at radius 1 is 0.688 bits per heavy atom. The molecule has 174 valence electrons. The lowest BCUT2D eigenvalue weighted by molar-refractivity contribution is -0.00475. The first-order chi connectivity index (χ1) is 15.2. The normalized spacial score (nSPS) is 10.4. The van der Waals surface area contributed by atoms with Gasteiger partial charge in [0, 0.05) is 0 Å². The Balaban J connectivity index is 1.96. The van der Waals surface area contributed by atoms with Gasteiger partial charge in [0.05, 0.1) is 39.6 Å². The van der Waals surface area contributed by atoms with Crippen molar-refractivity contribution in [2.45, 2.75) is 6.10 Å². The van der Waals surface area contributed by atoms with Crippen molar-refractivity contribution in [3.63, 3.8) is 0 Å². The van der Waals surface area contributed by atoms with Crippen LogP contribution >= 0.6 is 0 Å². The maximum atomic E-state index is 12.2. The van der Waals surface area contributed by atoms with Crippen molar-refractivity contribution in [1.29, 1.82) is 0 Å². The molecule has 0 aromatic heterocycles. The predicted molar refractivity (Wildman–Crippen MR) is 109 cm³/mol. The van der Waals surface area contributed by atoms with Crippen molar-refractivity contribution in [3.05, 3.63) is 35.4 Å². The zero-order chi connectivity index (χ0) is 23.8. The Labute approximate surface area is 183 Å². The monoisotopic (exact) mass is 452 g/mol. The molecule has 0 atom stereocenters. The van der Waals surface area contributed by atoms with Gasteiger partial charge in [-0.2, -0.15) is 0 Å². The molecule has 2 aromatic rings. The van der Waals surface area contributed by atoms with Crippen LogP contribution in [0.25, 0.3) is 0 Å². The summed E-state index contributed by atoms with van der Waals surface area (Å²) in [6.45, 7) is -0.945. The van der Waals surface area contributed by atoms with Gasteiger partial charge in [-0.05, 0) is 24.3 Å². The maximum absolute atomic E-state index is 12.2. The maximum Gasteiger partial charge on any atom is 0.338 e. The highest BCUT2D eigenvalue weighted by molar-refractivity contribution is 5.92. The molecular weight excluding hydrogens is 428 g/mol. The van der Waals surface area contributed by atoms with Crippen LogP contribution in [0, 0.1) is 0 Å². The van der Waals surface area contributed by atoms with Gasteiger partial charge >= 0.3 is 11.9 Å². The van der Waals surface area contributed by atoms with Crippen LogP contribution in [-0.2, 0) is 9.47 Å². The Bertz CT molecular complexity index is 843. The summed E-state index contributed by atoms with van der Waals surface area (Å²) < 4.78 is 29.9. The van der Waals surface area contributed by atoms with Crippen LogP contribution in [0.2, 0.25) is 0 Å². The third-order valence-electron chi connectivity index (χ3n) is 4.24. The van der Waals surface area contributed by atoms with E-state index in [1.807, 2.05) is 0 Å². The van der Waals surface area contributed by atoms with E-state index in [9.17, 15) is 24.9 Å². The molecule has 0 heterocycles. The lowest BCUT2D eigenvalue weighted by Gasteiger charge is -2.14. The number of hydrogen-bond donors (Lipinski definition) is 3. The van der Waals surface area contributed by atoms with E-state index in [1.165, 1.54) is 52.7 Å². The molecule has 0 unspecified atom stereocenters. The highest BCUT2D eigenvalue weighted by atomic mass is 16.6. The number of phenols is 2. The third kappa shape index (κ3) is 5.64. The lowest BCUT2D eigenvalue weighted by atomic mass is 10.2. The number of carbonyl (C=O) groups excluding carboxylic acids is 2. The average Bonchev–Trinajstić information content (AvgIpc) is 2.81. The quantitative estimate of drug-likeness (QED) is 0.450. The van der Waals surface area contributed by atoms with Crippen LogP contribution in [0.15, 0.2) is 24.3 Å². The van der Waals surface area contributed by atoms with Gasteiger partial charge in [0.2, 0.25) is 11.5 Å². The van der Waals surface area contributed by atoms with Crippen molar-refractivity contribution in [2.75, 3.05) is 41.7 Å². The van der Waals surface area contributed by atoms with Crippen molar-refractivity contribution in [1.82, 2.24) is 0 Å². The zero-order valence-corrected chi connectivity index (χ0v) is 17.9. The van der Waals surface area contributed by atoms with E-state index in [4.69, 9.17) is 28.4 Å². The smallest absolute Gasteiger partial charge is 0.338 e. The topological polar surface area (TPSA) is 150 Å². The summed E-state index contributed by atoms with van der Waals surface area (Å²) in [6, 6.07) is 4.99. The SMILES string of the molecule is COc1cc(C(=O)OCC(O)COC(=O)c2cc(OC)c(O)c(OC)c2)cc(OC)c1O. The van der Waals surface area contributed by atoms with Crippen molar-refractivity contribution >= 4 is 11.9 Å². The molecule has 0 bridgehead atoms. The van der Waals surface area contributed by atoms with Gasteiger partial charge in [-0.1, -0.05) is 0 Å². The number of rotatable bonds is 10. The van der Waals surface area contributed by atoms with E-state index >= 15 is 0 Å². The molecule has 2 aromatic carbocycles. The number of phenolic OH excluding ortho intramolecular Hbond substituents is 2. The number of aliphatic hydroxyl groups is 1. The second kappa shape index (κ2) is 11.0. The molecule has 32 heavy (non-hydrogen) atoms. The molecule has 0 saturated heterocycles. The molecule has 0 aliphatic carbocycles. The molecule has 3 N–H and O–H groups in total. The van der Waals surface area contributed by atoms with E-state index in [0.717, 1.165) is 0 Å². The summed E-state index contributed by atoms with van der Waals surface area (Å²) in [5.74, 6) is -2.17. The minimum Gasteiger partial charge on any atom is -0.502 e. The number of ether oxygens (including phenoxy) is 6. The molecule has 0 amide bonds. The molecule has 0 aliphatic rings. The molecule has 2 rings (SSSR count). The summed E-state index contributed by atoms with van der Waals surface area (Å²) >= 11 is 0. The zero-order valence-electron chi connectivity index (χ0n) is 17.9. The fourth-order valence-electron chi connectivity index (χ4n) is 2.58. The van der Waals surface area contributed by atoms with Gasteiger partial charge in [-0.3, -0.25) is 0 Å². The number of esters is 2. The first kappa shape index (κ1) is 24.4. The van der Waals surface area contributed by atoms with E-state index in [0.29, 0.717) is 0 Å². The van der Waals surface area contributed by atoms with Gasteiger partial charge in [-0.25, -0.2) is 9.59 Å². The highest BCUT2D eigenvalue weighted by Gasteiger charge is 2.20. The average molecular weight is 452 g/mol. The van der Waals surface area contributed by atoms with Crippen LogP contribution < -0.4 is 18.9 Å². The van der Waals surface area contributed by atoms with E-state index in [1.54, 1.807) is 0 Å². The lowest BCUT2D eigenvalue weighted by Crippen LogP contribution is -2.25. The first-order valence-electron chi connectivity index (χ1n) is 9.17. The molecule has 11 nitrogen and oxygen atoms in total. The Morgan fingerprint density at radius 3 is 1.22 bits per heavy atom. The Morgan fingerprint density at radius 2 is 0.969 bits per heavy atom. The van der Waals surface area contributed by atoms with Gasteiger partial charge in [0.25, 0.3) is 0 Å². The van der Waals surface area contributed by atoms with Crippen LogP contribution in [0.1, 0.15) is 20.7 Å². The van der Waals surface area contributed by atoms with E-state index < -0.39 is 31.3 Å². The third-order valence-corrected chi connectivity index (χ3v) is 4.24. The van der Waals surface area contributed by atoms with Gasteiger partial charge in [0.15, 0.2) is 23.0 Å². The summed E-state index contributed by atoms with van der Waals surface area (Å²) in [4.78, 5) is 24.5. The molecule has 11 heteroatoms. The number of hydrogen-bond acceptors (Lipinski definition) is 11. The fourth-order valence-corrected chi connectivity index (χ4v) is 2.58. The molecule has 0 saturated carbocycles. The minimum atomic E-state index is -1.32. The van der Waals surface area contributed by atoms with E-state index in [-0.39, 0.29) is 45.6 Å². The van der Waals surface area contributed by atoms with Crippen LogP contribution in [0.5, 0.6) is 34.5 Å². The standard InChI is InChI=1S/C21H24O11/c1-27-14-5-11(6-15(28-2)18(14)23)20(25)31-9-13(22)10-32-21(26)12-7-16(29-3)19(24)17(8-12)30-4/h5-8,13,22-24H,9-10H2,1-4H3. The number of methoxy groups -OCH3 is 4. The molecular formula is C21H24O11. The van der Waals surface area contributed by atoms with Crippen LogP contribution in [0.4, 0.5) is 0 Å². The number of aliphatic hydroxyl groups excluding tert-OH is 1. The minimum absolute atomic E-state index is 0.00512. The highest BCUT2D eigenvalue weighted by Crippen LogP contribution is 2.38. The summed E-state index contributed by atoms with van der Waals surface area (Å²) in [5, 5.41) is 29.8. The van der Waals surface area contributed by atoms with Crippen molar-refractivity contribution in [3.8, 4) is 34.5 Å². The Kier molecular flexibility index (Phi) is 8.36. The van der Waals surface area contributed by atoms with E-state index in [2.05, 4.69) is 0 Å². The first-order valence-corrected chi connectivity index (χ1v) is 9.17. The number of carbonyl (C=O) groups is 2. The Hall–Kier alpha value is -3.86. The molecule has 0 aliphatic heterocycles. The summed E-state index contributed by atoms with van der Waals surface area (Å²) in [5.41, 5.74) is 0.0351. The van der Waals surface area contributed by atoms with Crippen molar-refractivity contribution < 1.29 is 53.3 Å². The van der Waals surface area contributed by atoms with Crippen LogP contribution in [-0.4, -0.2) is 75.0 Å². The second-order valence-corrected chi connectivity index (χ2v) is 6.31. The largest absolute Gasteiger partial charge is 0.502 e. The fraction of sp³-hybridized carbons (Fsp3) is 0.333. The number of benzene rings is 2. The van der Waals surface area contributed by atoms with Gasteiger partial charge in [-0.15, -0.1) is 0 Å². The van der Waals surface area contributed by atoms with Crippen LogP contribution in [0.3, 0.4) is 0 Å². The summed E-state index contributed by atoms with van der Waals surface area (Å²) in [6.07, 6.45) is -1.32. The molecule has 0 radical (unpaired) electrons. The second-order valence-electron chi connectivity index (χ2n) is 6.31. The van der Waals surface area contributed by atoms with Gasteiger partial charge < -0.3 is 43.7 Å². The van der Waals surface area contributed by atoms with Gasteiger partial charge in [0.1, 0.15) is 19.3 Å².